The molecule has 0 unspecified atom stereocenters. The number of rotatable bonds is 6. The molecule has 0 atom stereocenters. The minimum Gasteiger partial charge on any atom is -0.477 e. The average molecular weight is 393 g/mol. The molecule has 1 aliphatic heterocycles. The molecule has 2 heterocycles. The van der Waals surface area contributed by atoms with Crippen LogP contribution in [0.5, 0.6) is 5.75 Å². The van der Waals surface area contributed by atoms with E-state index in [0.29, 0.717) is 17.2 Å². The lowest BCUT2D eigenvalue weighted by Gasteiger charge is -2.20. The fourth-order valence-electron chi connectivity index (χ4n) is 3.27. The summed E-state index contributed by atoms with van der Waals surface area (Å²) < 4.78 is 5.37. The van der Waals surface area contributed by atoms with E-state index in [2.05, 4.69) is 20.2 Å². The van der Waals surface area contributed by atoms with Gasteiger partial charge in [-0.15, -0.1) is 0 Å². The summed E-state index contributed by atoms with van der Waals surface area (Å²) in [6.07, 6.45) is 2.12. The summed E-state index contributed by atoms with van der Waals surface area (Å²) in [5.74, 6) is 0.562. The topological polar surface area (TPSA) is 110 Å². The van der Waals surface area contributed by atoms with E-state index < -0.39 is 10.8 Å². The highest BCUT2D eigenvalue weighted by molar-refractivity contribution is 5.95. The Balaban J connectivity index is 1.54. The maximum absolute atomic E-state index is 12.5. The molecule has 2 aromatic carbocycles. The molecule has 3 aromatic rings. The Kier molecular flexibility index (Phi) is 5.19. The van der Waals surface area contributed by atoms with E-state index in [4.69, 9.17) is 4.74 Å². The number of fused-ring (bicyclic) bond motifs is 1. The third-order valence-corrected chi connectivity index (χ3v) is 4.64. The molecular formula is C20H19N5O4. The number of para-hydroxylation sites is 4. The highest BCUT2D eigenvalue weighted by Gasteiger charge is 2.21. The largest absolute Gasteiger partial charge is 0.477 e. The number of nitrogens with zero attached hydrogens (tertiary/aromatic N) is 4. The normalized spacial score (nSPS) is 13.4. The molecule has 9 nitrogen and oxygen atoms in total. The van der Waals surface area contributed by atoms with Gasteiger partial charge in [0.2, 0.25) is 0 Å². The Labute approximate surface area is 166 Å². The Morgan fingerprint density at radius 2 is 1.72 bits per heavy atom. The summed E-state index contributed by atoms with van der Waals surface area (Å²) in [6, 6.07) is 13.4. The summed E-state index contributed by atoms with van der Waals surface area (Å²) >= 11 is 0. The van der Waals surface area contributed by atoms with Crippen LogP contribution in [0, 0.1) is 10.1 Å². The Hall–Kier alpha value is -3.75. The average Bonchev–Trinajstić information content (AvgIpc) is 3.26. The lowest BCUT2D eigenvalue weighted by Crippen LogP contribution is -2.25. The molecule has 1 N–H and O–H groups in total. The van der Waals surface area contributed by atoms with Gasteiger partial charge in [-0.25, -0.2) is 9.97 Å². The molecule has 0 bridgehead atoms. The highest BCUT2D eigenvalue weighted by atomic mass is 16.6. The molecule has 0 saturated carbocycles. The van der Waals surface area contributed by atoms with Gasteiger partial charge >= 0.3 is 5.69 Å². The van der Waals surface area contributed by atoms with Crippen molar-refractivity contribution in [2.75, 3.05) is 29.9 Å². The quantitative estimate of drug-likeness (QED) is 0.506. The van der Waals surface area contributed by atoms with Gasteiger partial charge < -0.3 is 15.0 Å². The second kappa shape index (κ2) is 8.09. The van der Waals surface area contributed by atoms with Gasteiger partial charge in [-0.05, 0) is 31.0 Å². The fraction of sp³-hybridized carbons (Fsp3) is 0.250. The number of hydrogen-bond acceptors (Lipinski definition) is 7. The standard InChI is InChI=1S/C20H19N5O4/c26-18(13-29-17-10-4-3-9-16(17)25(27)28)23-19-20(24-11-5-6-12-24)22-15-8-2-1-7-14(15)21-19/h1-4,7-10H,5-6,11-13H2,(H,21,23,26). The predicted octanol–water partition coefficient (Wildman–Crippen LogP) is 3.16. The van der Waals surface area contributed by atoms with Crippen molar-refractivity contribution in [2.24, 2.45) is 0 Å². The molecular weight excluding hydrogens is 374 g/mol. The number of nitro groups is 1. The molecule has 1 aliphatic rings. The molecule has 29 heavy (non-hydrogen) atoms. The molecule has 1 amide bonds. The molecule has 0 aliphatic carbocycles. The van der Waals surface area contributed by atoms with E-state index in [0.717, 1.165) is 31.4 Å². The SMILES string of the molecule is O=C(COc1ccccc1[N+](=O)[O-])Nc1nc2ccccc2nc1N1CCCC1. The minimum absolute atomic E-state index is 0.0389. The van der Waals surface area contributed by atoms with E-state index in [1.54, 1.807) is 6.07 Å². The van der Waals surface area contributed by atoms with E-state index in [1.165, 1.54) is 18.2 Å². The molecule has 1 fully saturated rings. The van der Waals surface area contributed by atoms with Gasteiger partial charge in [0.1, 0.15) is 0 Å². The minimum atomic E-state index is -0.548. The van der Waals surface area contributed by atoms with Gasteiger partial charge in [0.25, 0.3) is 5.91 Å². The van der Waals surface area contributed by atoms with Crippen molar-refractivity contribution in [3.05, 3.63) is 58.6 Å². The Morgan fingerprint density at radius 1 is 1.07 bits per heavy atom. The summed E-state index contributed by atoms with van der Waals surface area (Å²) in [5.41, 5.74) is 1.23. The van der Waals surface area contributed by atoms with Crippen LogP contribution in [0.4, 0.5) is 17.3 Å². The van der Waals surface area contributed by atoms with Crippen LogP contribution in [0.15, 0.2) is 48.5 Å². The Bertz CT molecular complexity index is 1070. The van der Waals surface area contributed by atoms with E-state index >= 15 is 0 Å². The van der Waals surface area contributed by atoms with Crippen molar-refractivity contribution in [1.29, 1.82) is 0 Å². The molecule has 0 radical (unpaired) electrons. The summed E-state index contributed by atoms with van der Waals surface area (Å²) in [4.78, 5) is 34.3. The first-order chi connectivity index (χ1) is 14.1. The third-order valence-electron chi connectivity index (χ3n) is 4.64. The molecule has 1 saturated heterocycles. The number of nitrogens with one attached hydrogen (secondary N) is 1. The monoisotopic (exact) mass is 393 g/mol. The number of aromatic nitrogens is 2. The van der Waals surface area contributed by atoms with Gasteiger partial charge in [0.15, 0.2) is 24.0 Å². The molecule has 4 rings (SSSR count). The van der Waals surface area contributed by atoms with Crippen molar-refractivity contribution in [1.82, 2.24) is 9.97 Å². The second-order valence-corrected chi connectivity index (χ2v) is 6.64. The third kappa shape index (κ3) is 4.08. The number of ether oxygens (including phenoxy) is 1. The molecule has 0 spiro atoms. The first-order valence-corrected chi connectivity index (χ1v) is 9.29. The highest BCUT2D eigenvalue weighted by Crippen LogP contribution is 2.28. The van der Waals surface area contributed by atoms with Gasteiger partial charge in [-0.1, -0.05) is 24.3 Å². The van der Waals surface area contributed by atoms with Crippen LogP contribution in [0.1, 0.15) is 12.8 Å². The number of nitro benzene ring substituents is 1. The van der Waals surface area contributed by atoms with Crippen LogP contribution < -0.4 is 15.0 Å². The second-order valence-electron chi connectivity index (χ2n) is 6.64. The number of hydrogen-bond donors (Lipinski definition) is 1. The lowest BCUT2D eigenvalue weighted by molar-refractivity contribution is -0.385. The van der Waals surface area contributed by atoms with Crippen molar-refractivity contribution in [2.45, 2.75) is 12.8 Å². The van der Waals surface area contributed by atoms with Crippen LogP contribution in [-0.4, -0.2) is 40.5 Å². The van der Waals surface area contributed by atoms with Crippen LogP contribution in [-0.2, 0) is 4.79 Å². The van der Waals surface area contributed by atoms with Crippen molar-refractivity contribution >= 4 is 34.3 Å². The van der Waals surface area contributed by atoms with Crippen molar-refractivity contribution < 1.29 is 14.5 Å². The fourth-order valence-corrected chi connectivity index (χ4v) is 3.27. The summed E-state index contributed by atoms with van der Waals surface area (Å²) in [6.45, 7) is 1.32. The smallest absolute Gasteiger partial charge is 0.310 e. The van der Waals surface area contributed by atoms with Gasteiger partial charge in [0.05, 0.1) is 16.0 Å². The maximum Gasteiger partial charge on any atom is 0.310 e. The number of benzene rings is 2. The zero-order valence-electron chi connectivity index (χ0n) is 15.6. The van der Waals surface area contributed by atoms with Gasteiger partial charge in [-0.3, -0.25) is 14.9 Å². The molecule has 9 heteroatoms. The lowest BCUT2D eigenvalue weighted by atomic mass is 10.3. The number of anilines is 2. The maximum atomic E-state index is 12.5. The molecule has 1 aromatic heterocycles. The first kappa shape index (κ1) is 18.6. The summed E-state index contributed by atoms with van der Waals surface area (Å²) in [5, 5.41) is 13.8. The van der Waals surface area contributed by atoms with Gasteiger partial charge in [0, 0.05) is 19.2 Å². The zero-order valence-corrected chi connectivity index (χ0v) is 15.6. The van der Waals surface area contributed by atoms with Crippen LogP contribution >= 0.6 is 0 Å². The van der Waals surface area contributed by atoms with E-state index in [-0.39, 0.29) is 18.0 Å². The first-order valence-electron chi connectivity index (χ1n) is 9.29. The number of amides is 1. The van der Waals surface area contributed by atoms with Crippen molar-refractivity contribution in [3.8, 4) is 5.75 Å². The van der Waals surface area contributed by atoms with Crippen LogP contribution in [0.3, 0.4) is 0 Å². The summed E-state index contributed by atoms with van der Waals surface area (Å²) in [7, 11) is 0. The van der Waals surface area contributed by atoms with E-state index in [1.807, 2.05) is 24.3 Å². The zero-order chi connectivity index (χ0) is 20.2. The van der Waals surface area contributed by atoms with Crippen molar-refractivity contribution in [3.63, 3.8) is 0 Å². The number of carbonyl (C=O) groups is 1. The van der Waals surface area contributed by atoms with Crippen LogP contribution in [0.2, 0.25) is 0 Å². The predicted molar refractivity (Wildman–Crippen MR) is 108 cm³/mol. The Morgan fingerprint density at radius 3 is 2.45 bits per heavy atom. The number of carbonyl (C=O) groups excluding carboxylic acids is 1. The van der Waals surface area contributed by atoms with Gasteiger partial charge in [-0.2, -0.15) is 0 Å². The molecule has 148 valence electrons. The van der Waals surface area contributed by atoms with Crippen LogP contribution in [0.25, 0.3) is 11.0 Å². The van der Waals surface area contributed by atoms with E-state index in [9.17, 15) is 14.9 Å².